The van der Waals surface area contributed by atoms with Crippen LogP contribution in [0.25, 0.3) is 0 Å². The summed E-state index contributed by atoms with van der Waals surface area (Å²) in [6.45, 7) is 0. The van der Waals surface area contributed by atoms with Gasteiger partial charge in [0.25, 0.3) is 17.7 Å². The van der Waals surface area contributed by atoms with Crippen molar-refractivity contribution in [1.82, 2.24) is 0 Å². The number of hydrogen-bond acceptors (Lipinski definition) is 6. The highest BCUT2D eigenvalue weighted by Gasteiger charge is 2.40. The average molecular weight is 547 g/mol. The van der Waals surface area contributed by atoms with Crippen molar-refractivity contribution in [3.8, 4) is 11.5 Å². The van der Waals surface area contributed by atoms with E-state index in [9.17, 15) is 14.4 Å². The second-order valence-electron chi connectivity index (χ2n) is 7.49. The van der Waals surface area contributed by atoms with Gasteiger partial charge in [-0.15, -0.1) is 0 Å². The maximum absolute atomic E-state index is 13.2. The Kier molecular flexibility index (Phi) is 7.40. The van der Waals surface area contributed by atoms with Gasteiger partial charge in [0.05, 0.1) is 19.9 Å². The zero-order valence-electron chi connectivity index (χ0n) is 18.9. The predicted molar refractivity (Wildman–Crippen MR) is 139 cm³/mol. The van der Waals surface area contributed by atoms with Gasteiger partial charge in [0.2, 0.25) is 0 Å². The third-order valence-corrected chi connectivity index (χ3v) is 5.96. The van der Waals surface area contributed by atoms with Crippen molar-refractivity contribution < 1.29 is 23.9 Å². The number of ether oxygens (including phenoxy) is 2. The summed E-state index contributed by atoms with van der Waals surface area (Å²) in [4.78, 5) is 39.7. The molecule has 3 amide bonds. The van der Waals surface area contributed by atoms with E-state index >= 15 is 0 Å². The van der Waals surface area contributed by atoms with Crippen LogP contribution in [0.1, 0.15) is 10.4 Å². The van der Waals surface area contributed by atoms with Gasteiger partial charge >= 0.3 is 0 Å². The molecule has 0 saturated carbocycles. The standard InChI is InChI=1S/C25H18Cl3N3O5/c1-35-18-6-7-19(20(12-18)36-2)31-24(33)21(28)22(25(31)34)29-16-5-3-4-13(8-16)23(32)30-17-10-14(26)9-15(27)11-17/h3-12,29H,1-2H3,(H,30,32). The number of carbonyl (C=O) groups excluding carboxylic acids is 3. The molecular weight excluding hydrogens is 529 g/mol. The van der Waals surface area contributed by atoms with Gasteiger partial charge < -0.3 is 20.1 Å². The minimum absolute atomic E-state index is 0.140. The van der Waals surface area contributed by atoms with Gasteiger partial charge in [-0.05, 0) is 48.5 Å². The monoisotopic (exact) mass is 545 g/mol. The van der Waals surface area contributed by atoms with Crippen molar-refractivity contribution >= 4 is 69.6 Å². The fourth-order valence-electron chi connectivity index (χ4n) is 3.51. The smallest absolute Gasteiger partial charge is 0.283 e. The normalized spacial score (nSPS) is 13.2. The number of methoxy groups -OCH3 is 2. The molecule has 0 bridgehead atoms. The number of imide groups is 1. The molecule has 3 aromatic rings. The first-order chi connectivity index (χ1) is 17.2. The van der Waals surface area contributed by atoms with E-state index in [-0.39, 0.29) is 27.7 Å². The Bertz CT molecular complexity index is 1400. The van der Waals surface area contributed by atoms with Crippen LogP contribution in [0.15, 0.2) is 71.4 Å². The van der Waals surface area contributed by atoms with Crippen LogP contribution >= 0.6 is 34.8 Å². The lowest BCUT2D eigenvalue weighted by Crippen LogP contribution is -2.32. The summed E-state index contributed by atoms with van der Waals surface area (Å²) in [6, 6.07) is 15.6. The van der Waals surface area contributed by atoms with Crippen LogP contribution in [0.4, 0.5) is 17.1 Å². The first-order valence-electron chi connectivity index (χ1n) is 10.4. The molecule has 8 nitrogen and oxygen atoms in total. The Morgan fingerprint density at radius 3 is 2.22 bits per heavy atom. The number of rotatable bonds is 7. The van der Waals surface area contributed by atoms with Crippen molar-refractivity contribution in [2.45, 2.75) is 0 Å². The number of nitrogens with one attached hydrogen (secondary N) is 2. The van der Waals surface area contributed by atoms with E-state index in [0.717, 1.165) is 4.90 Å². The SMILES string of the molecule is COc1ccc(N2C(=O)C(Cl)=C(Nc3cccc(C(=O)Nc4cc(Cl)cc(Cl)c4)c3)C2=O)c(OC)c1. The zero-order chi connectivity index (χ0) is 26.0. The van der Waals surface area contributed by atoms with Crippen LogP contribution in [0, 0.1) is 0 Å². The molecule has 0 radical (unpaired) electrons. The highest BCUT2D eigenvalue weighted by molar-refractivity contribution is 6.53. The van der Waals surface area contributed by atoms with E-state index < -0.39 is 17.7 Å². The molecule has 2 N–H and O–H groups in total. The van der Waals surface area contributed by atoms with Crippen LogP contribution in [0.2, 0.25) is 10.0 Å². The maximum atomic E-state index is 13.2. The lowest BCUT2D eigenvalue weighted by Gasteiger charge is -2.18. The predicted octanol–water partition coefficient (Wildman–Crippen LogP) is 5.70. The number of hydrogen-bond donors (Lipinski definition) is 2. The molecule has 0 unspecified atom stereocenters. The minimum Gasteiger partial charge on any atom is -0.497 e. The van der Waals surface area contributed by atoms with E-state index in [4.69, 9.17) is 44.3 Å². The summed E-state index contributed by atoms with van der Waals surface area (Å²) in [5, 5.41) is 6.01. The van der Waals surface area contributed by atoms with Crippen LogP contribution < -0.4 is 25.0 Å². The number of amides is 3. The Hall–Kier alpha value is -3.72. The first kappa shape index (κ1) is 25.4. The molecule has 1 heterocycles. The van der Waals surface area contributed by atoms with E-state index in [1.54, 1.807) is 48.5 Å². The summed E-state index contributed by atoms with van der Waals surface area (Å²) in [5.41, 5.74) is 1.13. The molecule has 1 aliphatic heterocycles. The third-order valence-electron chi connectivity index (χ3n) is 5.17. The summed E-state index contributed by atoms with van der Waals surface area (Å²) in [5.74, 6) is -1.10. The summed E-state index contributed by atoms with van der Waals surface area (Å²) in [6.07, 6.45) is 0. The molecule has 0 spiro atoms. The second-order valence-corrected chi connectivity index (χ2v) is 8.74. The van der Waals surface area contributed by atoms with Crippen LogP contribution in [-0.4, -0.2) is 31.9 Å². The van der Waals surface area contributed by atoms with E-state index in [1.165, 1.54) is 26.4 Å². The van der Waals surface area contributed by atoms with Crippen molar-refractivity contribution in [2.75, 3.05) is 29.8 Å². The van der Waals surface area contributed by atoms with Gasteiger partial charge in [0.1, 0.15) is 22.2 Å². The van der Waals surface area contributed by atoms with Gasteiger partial charge in [-0.1, -0.05) is 40.9 Å². The van der Waals surface area contributed by atoms with Gasteiger partial charge in [-0.3, -0.25) is 14.4 Å². The summed E-state index contributed by atoms with van der Waals surface area (Å²) >= 11 is 18.2. The Morgan fingerprint density at radius 1 is 0.833 bits per heavy atom. The molecule has 11 heteroatoms. The van der Waals surface area contributed by atoms with Crippen LogP contribution in [-0.2, 0) is 9.59 Å². The minimum atomic E-state index is -0.723. The molecular formula is C25H18Cl3N3O5. The van der Waals surface area contributed by atoms with Crippen molar-refractivity contribution in [2.24, 2.45) is 0 Å². The molecule has 184 valence electrons. The van der Waals surface area contributed by atoms with E-state index in [1.807, 2.05) is 0 Å². The molecule has 3 aromatic carbocycles. The van der Waals surface area contributed by atoms with Crippen molar-refractivity contribution in [3.63, 3.8) is 0 Å². The molecule has 1 aliphatic rings. The van der Waals surface area contributed by atoms with Gasteiger partial charge in [-0.2, -0.15) is 0 Å². The fourth-order valence-corrected chi connectivity index (χ4v) is 4.25. The zero-order valence-corrected chi connectivity index (χ0v) is 21.2. The van der Waals surface area contributed by atoms with Gasteiger partial charge in [0, 0.05) is 33.0 Å². The Balaban J connectivity index is 1.56. The van der Waals surface area contributed by atoms with Gasteiger partial charge in [-0.25, -0.2) is 4.90 Å². The number of nitrogens with zero attached hydrogens (tertiary/aromatic N) is 1. The second kappa shape index (κ2) is 10.5. The topological polar surface area (TPSA) is 97.0 Å². The number of halogens is 3. The Labute approximate surface area is 221 Å². The molecule has 0 aliphatic carbocycles. The molecule has 0 aromatic heterocycles. The third kappa shape index (κ3) is 5.11. The van der Waals surface area contributed by atoms with Crippen molar-refractivity contribution in [1.29, 1.82) is 0 Å². The molecule has 4 rings (SSSR count). The number of benzene rings is 3. The molecule has 36 heavy (non-hydrogen) atoms. The molecule has 0 atom stereocenters. The van der Waals surface area contributed by atoms with E-state index in [0.29, 0.717) is 27.2 Å². The van der Waals surface area contributed by atoms with Crippen LogP contribution in [0.3, 0.4) is 0 Å². The van der Waals surface area contributed by atoms with Crippen molar-refractivity contribution in [3.05, 3.63) is 87.0 Å². The summed E-state index contributed by atoms with van der Waals surface area (Å²) in [7, 11) is 2.89. The summed E-state index contributed by atoms with van der Waals surface area (Å²) < 4.78 is 10.5. The Morgan fingerprint density at radius 2 is 1.56 bits per heavy atom. The maximum Gasteiger partial charge on any atom is 0.283 e. The van der Waals surface area contributed by atoms with E-state index in [2.05, 4.69) is 10.6 Å². The first-order valence-corrected chi connectivity index (χ1v) is 11.5. The highest BCUT2D eigenvalue weighted by Crippen LogP contribution is 2.37. The largest absolute Gasteiger partial charge is 0.497 e. The highest BCUT2D eigenvalue weighted by atomic mass is 35.5. The van der Waals surface area contributed by atoms with Gasteiger partial charge in [0.15, 0.2) is 0 Å². The fraction of sp³-hybridized carbons (Fsp3) is 0.0800. The quantitative estimate of drug-likeness (QED) is 0.369. The lowest BCUT2D eigenvalue weighted by atomic mass is 10.1. The molecule has 0 fully saturated rings. The number of carbonyl (C=O) groups is 3. The van der Waals surface area contributed by atoms with Crippen LogP contribution in [0.5, 0.6) is 11.5 Å². The average Bonchev–Trinajstić information content (AvgIpc) is 3.06. The molecule has 0 saturated heterocycles. The lowest BCUT2D eigenvalue weighted by molar-refractivity contribution is -0.120. The number of anilines is 3.